The molecule has 2 nitrogen and oxygen atoms in total. The zero-order valence-corrected chi connectivity index (χ0v) is 8.96. The lowest BCUT2D eigenvalue weighted by atomic mass is 10.2. The first kappa shape index (κ1) is 10.5. The zero-order chi connectivity index (χ0) is 10.6. The van der Waals surface area contributed by atoms with Gasteiger partial charge in [-0.05, 0) is 24.6 Å². The van der Waals surface area contributed by atoms with Crippen LogP contribution < -0.4 is 0 Å². The van der Waals surface area contributed by atoms with Crippen LogP contribution in [0.4, 0.5) is 0 Å². The van der Waals surface area contributed by atoms with E-state index in [1.807, 2.05) is 45.0 Å². The molecule has 0 aliphatic heterocycles. The third kappa shape index (κ3) is 2.02. The number of fused-ring (bicyclic) bond motifs is 1. The highest BCUT2D eigenvalue weighted by atomic mass is 14.9. The maximum Gasteiger partial charge on any atom is 0.104 e. The summed E-state index contributed by atoms with van der Waals surface area (Å²) >= 11 is 0. The van der Waals surface area contributed by atoms with Crippen LogP contribution in [-0.2, 0) is 0 Å². The van der Waals surface area contributed by atoms with Gasteiger partial charge in [0.1, 0.15) is 5.82 Å². The molecule has 0 aliphatic rings. The van der Waals surface area contributed by atoms with E-state index >= 15 is 0 Å². The summed E-state index contributed by atoms with van der Waals surface area (Å²) in [7, 11) is 0. The van der Waals surface area contributed by atoms with Crippen molar-refractivity contribution in [2.24, 2.45) is 0 Å². The molecule has 2 heteroatoms. The van der Waals surface area contributed by atoms with Crippen molar-refractivity contribution in [1.82, 2.24) is 9.97 Å². The van der Waals surface area contributed by atoms with Gasteiger partial charge in [0.05, 0.1) is 11.0 Å². The van der Waals surface area contributed by atoms with Crippen LogP contribution in [0.1, 0.15) is 25.2 Å². The maximum atomic E-state index is 4.30. The van der Waals surface area contributed by atoms with Crippen molar-refractivity contribution in [3.63, 3.8) is 0 Å². The quantitative estimate of drug-likeness (QED) is 0.728. The van der Waals surface area contributed by atoms with E-state index < -0.39 is 0 Å². The molecular formula is C12H16N2. The largest absolute Gasteiger partial charge is 0.342 e. The van der Waals surface area contributed by atoms with Gasteiger partial charge in [-0.3, -0.25) is 0 Å². The van der Waals surface area contributed by atoms with E-state index in [9.17, 15) is 0 Å². The molecular weight excluding hydrogens is 172 g/mol. The second-order valence-corrected chi connectivity index (χ2v) is 2.80. The SMILES string of the molecule is C=Cc1ccc2nc(C)[nH]c2c1.CC. The Bertz CT molecular complexity index is 427. The Morgan fingerprint density at radius 3 is 2.71 bits per heavy atom. The Balaban J connectivity index is 0.000000461. The molecule has 0 atom stereocenters. The van der Waals surface area contributed by atoms with E-state index in [1.54, 1.807) is 0 Å². The van der Waals surface area contributed by atoms with Crippen molar-refractivity contribution >= 4 is 17.1 Å². The summed E-state index contributed by atoms with van der Waals surface area (Å²) in [6, 6.07) is 6.05. The predicted octanol–water partition coefficient (Wildman–Crippen LogP) is 3.54. The second-order valence-electron chi connectivity index (χ2n) is 2.80. The Hall–Kier alpha value is -1.57. The number of aromatic amines is 1. The monoisotopic (exact) mass is 188 g/mol. The van der Waals surface area contributed by atoms with E-state index in [2.05, 4.69) is 16.5 Å². The van der Waals surface area contributed by atoms with Crippen molar-refractivity contribution in [1.29, 1.82) is 0 Å². The van der Waals surface area contributed by atoms with Gasteiger partial charge in [-0.15, -0.1) is 0 Å². The molecule has 0 unspecified atom stereocenters. The van der Waals surface area contributed by atoms with Gasteiger partial charge in [0.25, 0.3) is 0 Å². The Morgan fingerprint density at radius 2 is 2.07 bits per heavy atom. The summed E-state index contributed by atoms with van der Waals surface area (Å²) in [5.41, 5.74) is 3.20. The molecule has 0 bridgehead atoms. The van der Waals surface area contributed by atoms with Crippen LogP contribution >= 0.6 is 0 Å². The molecule has 0 fully saturated rings. The fraction of sp³-hybridized carbons (Fsp3) is 0.250. The summed E-state index contributed by atoms with van der Waals surface area (Å²) in [5.74, 6) is 0.950. The molecule has 14 heavy (non-hydrogen) atoms. The molecule has 0 saturated heterocycles. The highest BCUT2D eigenvalue weighted by Gasteiger charge is 1.97. The molecule has 0 saturated carbocycles. The minimum atomic E-state index is 0.950. The van der Waals surface area contributed by atoms with Gasteiger partial charge in [-0.25, -0.2) is 4.98 Å². The first-order valence-corrected chi connectivity index (χ1v) is 4.88. The smallest absolute Gasteiger partial charge is 0.104 e. The Morgan fingerprint density at radius 1 is 1.36 bits per heavy atom. The lowest BCUT2D eigenvalue weighted by Gasteiger charge is -1.90. The molecule has 0 radical (unpaired) electrons. The molecule has 1 aromatic heterocycles. The van der Waals surface area contributed by atoms with E-state index in [4.69, 9.17) is 0 Å². The first-order chi connectivity index (χ1) is 6.79. The van der Waals surface area contributed by atoms with Crippen molar-refractivity contribution in [2.75, 3.05) is 0 Å². The topological polar surface area (TPSA) is 28.7 Å². The van der Waals surface area contributed by atoms with Gasteiger partial charge in [-0.2, -0.15) is 0 Å². The van der Waals surface area contributed by atoms with Gasteiger partial charge >= 0.3 is 0 Å². The molecule has 0 aliphatic carbocycles. The highest BCUT2D eigenvalue weighted by Crippen LogP contribution is 2.13. The molecule has 1 aromatic carbocycles. The lowest BCUT2D eigenvalue weighted by molar-refractivity contribution is 1.17. The number of nitrogens with zero attached hydrogens (tertiary/aromatic N) is 1. The van der Waals surface area contributed by atoms with Crippen molar-refractivity contribution < 1.29 is 0 Å². The number of nitrogens with one attached hydrogen (secondary N) is 1. The fourth-order valence-electron chi connectivity index (χ4n) is 1.28. The number of benzene rings is 1. The van der Waals surface area contributed by atoms with Crippen LogP contribution in [0.3, 0.4) is 0 Å². The van der Waals surface area contributed by atoms with Crippen molar-refractivity contribution in [2.45, 2.75) is 20.8 Å². The number of H-pyrrole nitrogens is 1. The van der Waals surface area contributed by atoms with Gasteiger partial charge in [0.2, 0.25) is 0 Å². The van der Waals surface area contributed by atoms with Gasteiger partial charge in [0, 0.05) is 0 Å². The standard InChI is InChI=1S/C10H10N2.C2H6/c1-3-8-4-5-9-10(6-8)12-7(2)11-9;1-2/h3-6H,1H2,2H3,(H,11,12);1-2H3. The second kappa shape index (κ2) is 4.61. The third-order valence-corrected chi connectivity index (χ3v) is 1.86. The summed E-state index contributed by atoms with van der Waals surface area (Å²) in [6.07, 6.45) is 1.83. The molecule has 74 valence electrons. The molecule has 0 amide bonds. The number of hydrogen-bond acceptors (Lipinski definition) is 1. The molecule has 1 heterocycles. The van der Waals surface area contributed by atoms with Gasteiger partial charge < -0.3 is 4.98 Å². The van der Waals surface area contributed by atoms with Crippen LogP contribution in [0, 0.1) is 6.92 Å². The average Bonchev–Trinajstić information content (AvgIpc) is 2.59. The fourth-order valence-corrected chi connectivity index (χ4v) is 1.28. The summed E-state index contributed by atoms with van der Waals surface area (Å²) < 4.78 is 0. The first-order valence-electron chi connectivity index (χ1n) is 4.88. The van der Waals surface area contributed by atoms with Gasteiger partial charge in [0.15, 0.2) is 0 Å². The maximum absolute atomic E-state index is 4.30. The Kier molecular flexibility index (Phi) is 3.46. The zero-order valence-electron chi connectivity index (χ0n) is 8.96. The van der Waals surface area contributed by atoms with E-state index in [0.717, 1.165) is 22.4 Å². The van der Waals surface area contributed by atoms with E-state index in [0.29, 0.717) is 0 Å². The summed E-state index contributed by atoms with van der Waals surface area (Å²) in [4.78, 5) is 7.47. The van der Waals surface area contributed by atoms with Crippen molar-refractivity contribution in [3.8, 4) is 0 Å². The number of aromatic nitrogens is 2. The van der Waals surface area contributed by atoms with Crippen LogP contribution in [0.25, 0.3) is 17.1 Å². The van der Waals surface area contributed by atoms with Crippen LogP contribution in [0.2, 0.25) is 0 Å². The Labute approximate surface area is 84.7 Å². The van der Waals surface area contributed by atoms with E-state index in [1.165, 1.54) is 0 Å². The molecule has 1 N–H and O–H groups in total. The average molecular weight is 188 g/mol. The number of aryl methyl sites for hydroxylation is 1. The number of rotatable bonds is 1. The van der Waals surface area contributed by atoms with E-state index in [-0.39, 0.29) is 0 Å². The minimum absolute atomic E-state index is 0.950. The lowest BCUT2D eigenvalue weighted by Crippen LogP contribution is -1.72. The number of hydrogen-bond donors (Lipinski definition) is 1. The highest BCUT2D eigenvalue weighted by molar-refractivity contribution is 5.77. The predicted molar refractivity (Wildman–Crippen MR) is 62.3 cm³/mol. The van der Waals surface area contributed by atoms with Gasteiger partial charge in [-0.1, -0.05) is 32.6 Å². The third-order valence-electron chi connectivity index (χ3n) is 1.86. The summed E-state index contributed by atoms with van der Waals surface area (Å²) in [6.45, 7) is 9.66. The molecule has 2 rings (SSSR count). The number of imidazole rings is 1. The minimum Gasteiger partial charge on any atom is -0.342 e. The normalized spacial score (nSPS) is 9.36. The molecule has 0 spiro atoms. The molecule has 2 aromatic rings. The summed E-state index contributed by atoms with van der Waals surface area (Å²) in [5, 5.41) is 0. The van der Waals surface area contributed by atoms with Crippen LogP contribution in [0.15, 0.2) is 24.8 Å². The van der Waals surface area contributed by atoms with Crippen LogP contribution in [-0.4, -0.2) is 9.97 Å². The van der Waals surface area contributed by atoms with Crippen LogP contribution in [0.5, 0.6) is 0 Å². The van der Waals surface area contributed by atoms with Crippen molar-refractivity contribution in [3.05, 3.63) is 36.2 Å².